The van der Waals surface area contributed by atoms with Crippen LogP contribution in [0.1, 0.15) is 36.1 Å². The highest BCUT2D eigenvalue weighted by atomic mass is 16.5. The van der Waals surface area contributed by atoms with E-state index < -0.39 is 0 Å². The third kappa shape index (κ3) is 3.82. The van der Waals surface area contributed by atoms with Crippen molar-refractivity contribution in [1.29, 1.82) is 0 Å². The number of nitrogens with zero attached hydrogens (tertiary/aromatic N) is 3. The molecule has 1 aromatic heterocycles. The lowest BCUT2D eigenvalue weighted by atomic mass is 10.0. The van der Waals surface area contributed by atoms with Crippen LogP contribution in [0.5, 0.6) is 5.75 Å². The highest BCUT2D eigenvalue weighted by Crippen LogP contribution is 2.22. The maximum atomic E-state index is 6.08. The van der Waals surface area contributed by atoms with E-state index in [4.69, 9.17) is 10.5 Å². The van der Waals surface area contributed by atoms with Crippen molar-refractivity contribution < 1.29 is 4.74 Å². The third-order valence-corrected chi connectivity index (χ3v) is 3.76. The molecule has 0 saturated carbocycles. The smallest absolute Gasteiger partial charge is 0.170 e. The predicted molar refractivity (Wildman–Crippen MR) is 83.2 cm³/mol. The molecular weight excluding hydrogens is 264 g/mol. The van der Waals surface area contributed by atoms with Gasteiger partial charge in [0.1, 0.15) is 18.2 Å². The number of ether oxygens (including phenoxy) is 1. The van der Waals surface area contributed by atoms with E-state index in [0.717, 1.165) is 35.8 Å². The zero-order valence-electron chi connectivity index (χ0n) is 13.3. The molecular formula is C16H24N4O. The van der Waals surface area contributed by atoms with Crippen molar-refractivity contribution in [2.75, 3.05) is 0 Å². The standard InChI is InChI=1S/C16H24N4O/c1-5-14(17)9-13-8-11(2)6-7-15(13)21-10-16-19-18-12(3)20(16)4/h6-8,14H,5,9-10,17H2,1-4H3. The van der Waals surface area contributed by atoms with Gasteiger partial charge in [-0.05, 0) is 38.3 Å². The fourth-order valence-corrected chi connectivity index (χ4v) is 2.15. The van der Waals surface area contributed by atoms with Crippen molar-refractivity contribution in [2.24, 2.45) is 12.8 Å². The van der Waals surface area contributed by atoms with Gasteiger partial charge in [-0.3, -0.25) is 0 Å². The first-order chi connectivity index (χ1) is 10.0. The van der Waals surface area contributed by atoms with E-state index in [-0.39, 0.29) is 6.04 Å². The molecule has 0 fully saturated rings. The molecule has 5 nitrogen and oxygen atoms in total. The first-order valence-electron chi connectivity index (χ1n) is 7.34. The van der Waals surface area contributed by atoms with E-state index in [0.29, 0.717) is 6.61 Å². The number of rotatable bonds is 6. The second-order valence-electron chi connectivity index (χ2n) is 5.49. The van der Waals surface area contributed by atoms with Crippen molar-refractivity contribution in [3.8, 4) is 5.75 Å². The second-order valence-corrected chi connectivity index (χ2v) is 5.49. The number of benzene rings is 1. The Bertz CT molecular complexity index is 606. The molecule has 2 aromatic rings. The van der Waals surface area contributed by atoms with E-state index in [1.54, 1.807) is 0 Å². The van der Waals surface area contributed by atoms with Gasteiger partial charge in [-0.1, -0.05) is 24.6 Å². The number of hydrogen-bond donors (Lipinski definition) is 1. The van der Waals surface area contributed by atoms with Gasteiger partial charge in [-0.25, -0.2) is 0 Å². The van der Waals surface area contributed by atoms with Crippen molar-refractivity contribution in [1.82, 2.24) is 14.8 Å². The molecule has 0 saturated heterocycles. The lowest BCUT2D eigenvalue weighted by Gasteiger charge is -2.15. The number of aromatic nitrogens is 3. The van der Waals surface area contributed by atoms with Gasteiger partial charge in [0.15, 0.2) is 5.82 Å². The van der Waals surface area contributed by atoms with Crippen LogP contribution in [-0.2, 0) is 20.1 Å². The topological polar surface area (TPSA) is 66.0 Å². The Labute approximate surface area is 126 Å². The van der Waals surface area contributed by atoms with Gasteiger partial charge in [0.2, 0.25) is 0 Å². The van der Waals surface area contributed by atoms with Crippen LogP contribution in [0.25, 0.3) is 0 Å². The molecule has 0 aliphatic rings. The number of aryl methyl sites for hydroxylation is 2. The predicted octanol–water partition coefficient (Wildman–Crippen LogP) is 2.29. The molecule has 2 rings (SSSR count). The summed E-state index contributed by atoms with van der Waals surface area (Å²) in [5.74, 6) is 2.58. The van der Waals surface area contributed by atoms with Crippen LogP contribution < -0.4 is 10.5 Å². The van der Waals surface area contributed by atoms with E-state index in [1.807, 2.05) is 24.6 Å². The maximum absolute atomic E-state index is 6.08. The largest absolute Gasteiger partial charge is 0.485 e. The van der Waals surface area contributed by atoms with Gasteiger partial charge in [0, 0.05) is 13.1 Å². The first-order valence-corrected chi connectivity index (χ1v) is 7.34. The Morgan fingerprint density at radius 1 is 1.29 bits per heavy atom. The minimum absolute atomic E-state index is 0.159. The lowest BCUT2D eigenvalue weighted by molar-refractivity contribution is 0.287. The quantitative estimate of drug-likeness (QED) is 0.885. The Kier molecular flexibility index (Phi) is 4.96. The SMILES string of the molecule is CCC(N)Cc1cc(C)ccc1OCc1nnc(C)n1C. The van der Waals surface area contributed by atoms with Gasteiger partial charge in [0.05, 0.1) is 0 Å². The van der Waals surface area contributed by atoms with Crippen molar-refractivity contribution in [3.63, 3.8) is 0 Å². The summed E-state index contributed by atoms with van der Waals surface area (Å²) in [6, 6.07) is 6.37. The van der Waals surface area contributed by atoms with Crippen LogP contribution in [0.4, 0.5) is 0 Å². The Morgan fingerprint density at radius 3 is 2.67 bits per heavy atom. The summed E-state index contributed by atoms with van der Waals surface area (Å²) in [6.45, 7) is 6.52. The summed E-state index contributed by atoms with van der Waals surface area (Å²) in [5, 5.41) is 8.16. The van der Waals surface area contributed by atoms with Crippen LogP contribution in [0.3, 0.4) is 0 Å². The highest BCUT2D eigenvalue weighted by molar-refractivity contribution is 5.37. The molecule has 1 aromatic carbocycles. The number of nitrogens with two attached hydrogens (primary N) is 1. The van der Waals surface area contributed by atoms with Crippen molar-refractivity contribution in [3.05, 3.63) is 41.0 Å². The molecule has 0 aliphatic carbocycles. The van der Waals surface area contributed by atoms with Crippen LogP contribution in [-0.4, -0.2) is 20.8 Å². The van der Waals surface area contributed by atoms with E-state index in [1.165, 1.54) is 5.56 Å². The molecule has 0 amide bonds. The zero-order chi connectivity index (χ0) is 15.4. The van der Waals surface area contributed by atoms with Crippen molar-refractivity contribution in [2.45, 2.75) is 46.3 Å². The molecule has 114 valence electrons. The molecule has 0 radical (unpaired) electrons. The van der Waals surface area contributed by atoms with Crippen LogP contribution >= 0.6 is 0 Å². The van der Waals surface area contributed by atoms with Crippen LogP contribution in [0.2, 0.25) is 0 Å². The summed E-state index contributed by atoms with van der Waals surface area (Å²) in [7, 11) is 1.94. The Morgan fingerprint density at radius 2 is 2.05 bits per heavy atom. The third-order valence-electron chi connectivity index (χ3n) is 3.76. The zero-order valence-corrected chi connectivity index (χ0v) is 13.3. The minimum atomic E-state index is 0.159. The fraction of sp³-hybridized carbons (Fsp3) is 0.500. The minimum Gasteiger partial charge on any atom is -0.485 e. The Hall–Kier alpha value is -1.88. The summed E-state index contributed by atoms with van der Waals surface area (Å²) in [4.78, 5) is 0. The van der Waals surface area contributed by atoms with Gasteiger partial charge >= 0.3 is 0 Å². The van der Waals surface area contributed by atoms with Gasteiger partial charge in [-0.2, -0.15) is 0 Å². The molecule has 5 heteroatoms. The maximum Gasteiger partial charge on any atom is 0.170 e. The fourth-order valence-electron chi connectivity index (χ4n) is 2.15. The summed E-state index contributed by atoms with van der Waals surface area (Å²) < 4.78 is 7.88. The summed E-state index contributed by atoms with van der Waals surface area (Å²) in [5.41, 5.74) is 8.45. The monoisotopic (exact) mass is 288 g/mol. The molecule has 0 bridgehead atoms. The van der Waals surface area contributed by atoms with E-state index in [2.05, 4.69) is 36.2 Å². The lowest BCUT2D eigenvalue weighted by Crippen LogP contribution is -2.21. The second kappa shape index (κ2) is 6.72. The van der Waals surface area contributed by atoms with E-state index >= 15 is 0 Å². The van der Waals surface area contributed by atoms with Gasteiger partial charge < -0.3 is 15.0 Å². The molecule has 0 aliphatic heterocycles. The Balaban J connectivity index is 2.13. The summed E-state index contributed by atoms with van der Waals surface area (Å²) in [6.07, 6.45) is 1.78. The average Bonchev–Trinajstić information content (AvgIpc) is 2.78. The van der Waals surface area contributed by atoms with Gasteiger partial charge in [0.25, 0.3) is 0 Å². The molecule has 1 atom stereocenters. The van der Waals surface area contributed by atoms with Gasteiger partial charge in [-0.15, -0.1) is 10.2 Å². The molecule has 1 unspecified atom stereocenters. The highest BCUT2D eigenvalue weighted by Gasteiger charge is 2.11. The van der Waals surface area contributed by atoms with Crippen LogP contribution in [0.15, 0.2) is 18.2 Å². The number of hydrogen-bond acceptors (Lipinski definition) is 4. The average molecular weight is 288 g/mol. The van der Waals surface area contributed by atoms with Crippen molar-refractivity contribution >= 4 is 0 Å². The molecule has 21 heavy (non-hydrogen) atoms. The molecule has 2 N–H and O–H groups in total. The van der Waals surface area contributed by atoms with E-state index in [9.17, 15) is 0 Å². The normalized spacial score (nSPS) is 12.4. The molecule has 0 spiro atoms. The first kappa shape index (κ1) is 15.5. The molecule has 1 heterocycles. The van der Waals surface area contributed by atoms with Crippen LogP contribution in [0, 0.1) is 13.8 Å². The summed E-state index contributed by atoms with van der Waals surface area (Å²) >= 11 is 0.